The van der Waals surface area contributed by atoms with Crippen molar-refractivity contribution in [3.05, 3.63) is 23.7 Å². The van der Waals surface area contributed by atoms with Crippen molar-refractivity contribution in [1.82, 2.24) is 24.7 Å². The third-order valence-corrected chi connectivity index (χ3v) is 6.21. The zero-order valence-electron chi connectivity index (χ0n) is 17.4. The lowest BCUT2D eigenvalue weighted by molar-refractivity contribution is -0.138. The van der Waals surface area contributed by atoms with Gasteiger partial charge in [0.05, 0.1) is 23.0 Å². The van der Waals surface area contributed by atoms with Crippen molar-refractivity contribution in [2.75, 3.05) is 19.6 Å². The van der Waals surface area contributed by atoms with Gasteiger partial charge in [0.15, 0.2) is 5.76 Å². The Hall–Kier alpha value is -2.15. The predicted molar refractivity (Wildman–Crippen MR) is 107 cm³/mol. The minimum atomic E-state index is 0.0252. The van der Waals surface area contributed by atoms with Crippen molar-refractivity contribution in [3.63, 3.8) is 0 Å². The smallest absolute Gasteiger partial charge is 0.226 e. The number of aromatic nitrogens is 3. The Bertz CT molecular complexity index is 832. The van der Waals surface area contributed by atoms with E-state index in [1.54, 1.807) is 0 Å². The van der Waals surface area contributed by atoms with Crippen LogP contribution in [0.4, 0.5) is 0 Å². The molecule has 2 aromatic heterocycles. The molecule has 0 saturated carbocycles. The van der Waals surface area contributed by atoms with Gasteiger partial charge in [0.2, 0.25) is 5.91 Å². The number of piperidine rings is 1. The summed E-state index contributed by atoms with van der Waals surface area (Å²) >= 11 is 0. The van der Waals surface area contributed by atoms with E-state index in [0.717, 1.165) is 68.0 Å². The second-order valence-corrected chi connectivity index (χ2v) is 8.53. The van der Waals surface area contributed by atoms with Crippen molar-refractivity contribution >= 4 is 5.91 Å². The third-order valence-electron chi connectivity index (χ3n) is 6.21. The largest absolute Gasteiger partial charge is 0.356 e. The lowest BCUT2D eigenvalue weighted by Crippen LogP contribution is -2.44. The van der Waals surface area contributed by atoms with Crippen LogP contribution in [0.25, 0.3) is 11.3 Å². The number of carbonyl (C=O) groups is 1. The number of carbonyl (C=O) groups excluding carboxylic acids is 1. The fourth-order valence-electron chi connectivity index (χ4n) is 4.64. The average molecular weight is 386 g/mol. The summed E-state index contributed by atoms with van der Waals surface area (Å²) in [5.41, 5.74) is 2.73. The second-order valence-electron chi connectivity index (χ2n) is 8.53. The van der Waals surface area contributed by atoms with E-state index in [-0.39, 0.29) is 12.0 Å². The third kappa shape index (κ3) is 3.60. The van der Waals surface area contributed by atoms with E-state index in [9.17, 15) is 4.79 Å². The fraction of sp³-hybridized carbons (Fsp3) is 0.667. The van der Waals surface area contributed by atoms with E-state index >= 15 is 0 Å². The zero-order valence-corrected chi connectivity index (χ0v) is 17.4. The summed E-state index contributed by atoms with van der Waals surface area (Å²) in [7, 11) is 1.92. The highest BCUT2D eigenvalue weighted by Gasteiger charge is 2.38. The van der Waals surface area contributed by atoms with Crippen LogP contribution in [0, 0.1) is 12.8 Å². The highest BCUT2D eigenvalue weighted by Crippen LogP contribution is 2.38. The van der Waals surface area contributed by atoms with Gasteiger partial charge in [0, 0.05) is 37.8 Å². The molecule has 7 nitrogen and oxygen atoms in total. The molecule has 4 rings (SSSR count). The van der Waals surface area contributed by atoms with Gasteiger partial charge in [-0.3, -0.25) is 9.48 Å². The predicted octanol–water partition coefficient (Wildman–Crippen LogP) is 3.17. The molecule has 2 aromatic rings. The fourth-order valence-corrected chi connectivity index (χ4v) is 4.64. The molecular weight excluding hydrogens is 354 g/mol. The Labute approximate surface area is 166 Å². The van der Waals surface area contributed by atoms with Crippen molar-refractivity contribution < 1.29 is 9.32 Å². The van der Waals surface area contributed by atoms with E-state index in [0.29, 0.717) is 11.9 Å². The van der Waals surface area contributed by atoms with Gasteiger partial charge in [-0.1, -0.05) is 5.16 Å². The minimum Gasteiger partial charge on any atom is -0.356 e. The molecule has 152 valence electrons. The van der Waals surface area contributed by atoms with Gasteiger partial charge < -0.3 is 14.3 Å². The Kier molecular flexibility index (Phi) is 5.27. The molecule has 0 radical (unpaired) electrons. The normalized spacial score (nSPS) is 21.8. The zero-order chi connectivity index (χ0) is 19.8. The molecule has 2 aliphatic rings. The van der Waals surface area contributed by atoms with Crippen LogP contribution in [0.1, 0.15) is 57.0 Å². The topological polar surface area (TPSA) is 67.4 Å². The maximum atomic E-state index is 13.4. The number of likely N-dealkylation sites (tertiary alicyclic amines) is 2. The van der Waals surface area contributed by atoms with Gasteiger partial charge in [0.1, 0.15) is 0 Å². The molecule has 0 aromatic carbocycles. The van der Waals surface area contributed by atoms with Gasteiger partial charge in [-0.15, -0.1) is 0 Å². The first kappa shape index (κ1) is 19.2. The Morgan fingerprint density at radius 3 is 2.61 bits per heavy atom. The highest BCUT2D eigenvalue weighted by atomic mass is 16.5. The summed E-state index contributed by atoms with van der Waals surface area (Å²) in [4.78, 5) is 17.9. The van der Waals surface area contributed by atoms with E-state index < -0.39 is 0 Å². The van der Waals surface area contributed by atoms with Crippen LogP contribution in [0.3, 0.4) is 0 Å². The van der Waals surface area contributed by atoms with E-state index in [2.05, 4.69) is 28.8 Å². The first-order valence-corrected chi connectivity index (χ1v) is 10.5. The minimum absolute atomic E-state index is 0.0252. The van der Waals surface area contributed by atoms with Crippen LogP contribution < -0.4 is 0 Å². The molecule has 0 N–H and O–H groups in total. The molecule has 2 fully saturated rings. The van der Waals surface area contributed by atoms with Crippen molar-refractivity contribution in [2.24, 2.45) is 13.0 Å². The van der Waals surface area contributed by atoms with Crippen molar-refractivity contribution in [2.45, 2.75) is 58.5 Å². The summed E-state index contributed by atoms with van der Waals surface area (Å²) in [6, 6.07) is 2.51. The monoisotopic (exact) mass is 385 g/mol. The molecule has 2 saturated heterocycles. The maximum Gasteiger partial charge on any atom is 0.226 e. The van der Waals surface area contributed by atoms with Crippen LogP contribution >= 0.6 is 0 Å². The highest BCUT2D eigenvalue weighted by molar-refractivity contribution is 5.80. The molecule has 0 aliphatic carbocycles. The lowest BCUT2D eigenvalue weighted by atomic mass is 9.93. The van der Waals surface area contributed by atoms with Gasteiger partial charge in [-0.05, 0) is 59.5 Å². The summed E-state index contributed by atoms with van der Waals surface area (Å²) in [6.07, 6.45) is 5.85. The number of amides is 1. The molecule has 7 heteroatoms. The molecule has 0 unspecified atom stereocenters. The van der Waals surface area contributed by atoms with E-state index in [4.69, 9.17) is 9.62 Å². The summed E-state index contributed by atoms with van der Waals surface area (Å²) in [6.45, 7) is 9.22. The van der Waals surface area contributed by atoms with Crippen molar-refractivity contribution in [3.8, 4) is 11.3 Å². The Morgan fingerprint density at radius 2 is 1.96 bits per heavy atom. The quantitative estimate of drug-likeness (QED) is 0.809. The Balaban J connectivity index is 1.54. The first-order chi connectivity index (χ1) is 13.4. The first-order valence-electron chi connectivity index (χ1n) is 10.5. The number of hydrogen-bond acceptors (Lipinski definition) is 5. The van der Waals surface area contributed by atoms with Gasteiger partial charge in [-0.2, -0.15) is 5.10 Å². The molecular formula is C21H31N5O2. The maximum absolute atomic E-state index is 13.4. The molecule has 0 spiro atoms. The average Bonchev–Trinajstić information content (AvgIpc) is 3.40. The second kappa shape index (κ2) is 7.70. The van der Waals surface area contributed by atoms with Crippen LogP contribution in [-0.2, 0) is 11.8 Å². The SMILES string of the molecule is Cc1cc(-c2cn(C)nc2[C@H]2CCCN2C(=O)C2CCN(C(C)C)CC2)on1. The van der Waals surface area contributed by atoms with E-state index in [1.807, 2.05) is 30.9 Å². The number of nitrogens with zero attached hydrogens (tertiary/aromatic N) is 5. The molecule has 1 atom stereocenters. The number of aryl methyl sites for hydroxylation is 2. The van der Waals surface area contributed by atoms with Crippen molar-refractivity contribution in [1.29, 1.82) is 0 Å². The standard InChI is InChI=1S/C21H31N5O2/c1-14(2)25-10-7-16(8-11-25)21(27)26-9-5-6-18(26)20-17(13-24(4)22-20)19-12-15(3)23-28-19/h12-14,16,18H,5-11H2,1-4H3/t18-/m1/s1. The van der Waals surface area contributed by atoms with Crippen LogP contribution in [-0.4, -0.2) is 56.3 Å². The molecule has 0 bridgehead atoms. The summed E-state index contributed by atoms with van der Waals surface area (Å²) < 4.78 is 7.31. The van der Waals surface area contributed by atoms with Gasteiger partial charge >= 0.3 is 0 Å². The lowest BCUT2D eigenvalue weighted by Gasteiger charge is -2.36. The molecule has 1 amide bonds. The van der Waals surface area contributed by atoms with Crippen LogP contribution in [0.2, 0.25) is 0 Å². The molecule has 2 aliphatic heterocycles. The van der Waals surface area contributed by atoms with Gasteiger partial charge in [-0.25, -0.2) is 0 Å². The number of hydrogen-bond donors (Lipinski definition) is 0. The van der Waals surface area contributed by atoms with Crippen LogP contribution in [0.15, 0.2) is 16.8 Å². The molecule has 4 heterocycles. The Morgan fingerprint density at radius 1 is 1.21 bits per heavy atom. The van der Waals surface area contributed by atoms with E-state index in [1.165, 1.54) is 0 Å². The molecule has 28 heavy (non-hydrogen) atoms. The number of rotatable bonds is 4. The van der Waals surface area contributed by atoms with Gasteiger partial charge in [0.25, 0.3) is 0 Å². The van der Waals surface area contributed by atoms with Crippen LogP contribution in [0.5, 0.6) is 0 Å². The summed E-state index contributed by atoms with van der Waals surface area (Å²) in [5.74, 6) is 1.16. The summed E-state index contributed by atoms with van der Waals surface area (Å²) in [5, 5.41) is 8.74.